The highest BCUT2D eigenvalue weighted by Gasteiger charge is 2.60. The summed E-state index contributed by atoms with van der Waals surface area (Å²) >= 11 is 0. The van der Waals surface area contributed by atoms with Crippen LogP contribution in [0.25, 0.3) is 5.57 Å². The standard InChI is InChI=1S/C24H23F4N3O4S/c1-36(34,35)13-21(32)30-12-17-16(20-9-8-15(11-29-20)14-6-7-14)10-23(24(26,27)28,31-22(17)33)18-4-2-3-5-19(18)25/h2-5,8-9,11,14H,6-7,10,12-13H2,1H3,(H,30,32)(H,31,33)/t23-/m0/s1. The third kappa shape index (κ3) is 5.28. The van der Waals surface area contributed by atoms with Crippen LogP contribution in [0.5, 0.6) is 0 Å². The fraction of sp³-hybridized carbons (Fsp3) is 0.375. The molecule has 12 heteroatoms. The van der Waals surface area contributed by atoms with E-state index in [2.05, 4.69) is 10.3 Å². The van der Waals surface area contributed by atoms with E-state index in [1.165, 1.54) is 24.4 Å². The molecule has 1 saturated carbocycles. The molecule has 2 aliphatic rings. The van der Waals surface area contributed by atoms with Crippen molar-refractivity contribution in [1.82, 2.24) is 15.6 Å². The van der Waals surface area contributed by atoms with Gasteiger partial charge in [0.2, 0.25) is 11.8 Å². The Morgan fingerprint density at radius 3 is 2.44 bits per heavy atom. The third-order valence-corrected chi connectivity index (χ3v) is 7.01. The smallest absolute Gasteiger partial charge is 0.351 e. The average Bonchev–Trinajstić information content (AvgIpc) is 3.62. The number of aromatic nitrogens is 1. The van der Waals surface area contributed by atoms with Gasteiger partial charge < -0.3 is 10.6 Å². The number of nitrogens with one attached hydrogen (secondary N) is 2. The summed E-state index contributed by atoms with van der Waals surface area (Å²) in [6, 6.07) is 7.54. The predicted octanol–water partition coefficient (Wildman–Crippen LogP) is 2.99. The molecule has 2 N–H and O–H groups in total. The van der Waals surface area contributed by atoms with E-state index in [1.807, 2.05) is 5.32 Å². The number of hydrogen-bond donors (Lipinski definition) is 2. The van der Waals surface area contributed by atoms with Crippen LogP contribution in [0, 0.1) is 5.82 Å². The Morgan fingerprint density at radius 2 is 1.89 bits per heavy atom. The SMILES string of the molecule is CS(=O)(=O)CC(=O)NCC1=C(c2ccc(C3CC3)cn2)C[C@](c2ccccc2F)(C(F)(F)F)NC1=O. The fourth-order valence-electron chi connectivity index (χ4n) is 4.27. The lowest BCUT2D eigenvalue weighted by atomic mass is 9.77. The second kappa shape index (κ2) is 9.30. The number of pyridine rings is 1. The normalized spacial score (nSPS) is 20.8. The molecule has 7 nitrogen and oxygen atoms in total. The summed E-state index contributed by atoms with van der Waals surface area (Å²) in [5, 5.41) is 4.21. The minimum absolute atomic E-state index is 0.0755. The molecule has 0 bridgehead atoms. The molecule has 1 aromatic carbocycles. The molecule has 2 aromatic rings. The maximum atomic E-state index is 14.7. The number of alkyl halides is 3. The van der Waals surface area contributed by atoms with Gasteiger partial charge in [0.05, 0.1) is 5.69 Å². The van der Waals surface area contributed by atoms with Gasteiger partial charge in [-0.15, -0.1) is 0 Å². The van der Waals surface area contributed by atoms with E-state index < -0.39 is 63.5 Å². The number of hydrogen-bond acceptors (Lipinski definition) is 5. The first kappa shape index (κ1) is 25.8. The van der Waals surface area contributed by atoms with Crippen molar-refractivity contribution in [3.8, 4) is 0 Å². The number of sulfone groups is 1. The maximum Gasteiger partial charge on any atom is 0.416 e. The van der Waals surface area contributed by atoms with Crippen molar-refractivity contribution < 1.29 is 35.6 Å². The van der Waals surface area contributed by atoms with Crippen molar-refractivity contribution in [2.24, 2.45) is 0 Å². The van der Waals surface area contributed by atoms with Gasteiger partial charge in [-0.2, -0.15) is 13.2 Å². The number of carbonyl (C=O) groups excluding carboxylic acids is 2. The van der Waals surface area contributed by atoms with Crippen molar-refractivity contribution in [3.05, 3.63) is 70.8 Å². The van der Waals surface area contributed by atoms with Crippen LogP contribution in [0.4, 0.5) is 17.6 Å². The molecule has 192 valence electrons. The molecule has 1 fully saturated rings. The minimum Gasteiger partial charge on any atom is -0.351 e. The highest BCUT2D eigenvalue weighted by molar-refractivity contribution is 7.91. The number of rotatable bonds is 7. The molecule has 1 aliphatic carbocycles. The lowest BCUT2D eigenvalue weighted by molar-refractivity contribution is -0.202. The van der Waals surface area contributed by atoms with Gasteiger partial charge in [0.15, 0.2) is 15.4 Å². The Bertz CT molecular complexity index is 1340. The zero-order valence-corrected chi connectivity index (χ0v) is 20.0. The molecule has 1 aromatic heterocycles. The van der Waals surface area contributed by atoms with E-state index in [4.69, 9.17) is 0 Å². The van der Waals surface area contributed by atoms with Gasteiger partial charge in [-0.3, -0.25) is 14.6 Å². The molecular formula is C24H23F4N3O4S. The maximum absolute atomic E-state index is 14.7. The van der Waals surface area contributed by atoms with E-state index in [-0.39, 0.29) is 16.8 Å². The van der Waals surface area contributed by atoms with Gasteiger partial charge in [0.25, 0.3) is 0 Å². The zero-order chi connectivity index (χ0) is 26.3. The van der Waals surface area contributed by atoms with Crippen LogP contribution in [0.2, 0.25) is 0 Å². The van der Waals surface area contributed by atoms with E-state index >= 15 is 0 Å². The largest absolute Gasteiger partial charge is 0.416 e. The van der Waals surface area contributed by atoms with Crippen molar-refractivity contribution in [1.29, 1.82) is 0 Å². The van der Waals surface area contributed by atoms with Gasteiger partial charge in [0.1, 0.15) is 11.6 Å². The lowest BCUT2D eigenvalue weighted by Crippen LogP contribution is -2.59. The third-order valence-electron chi connectivity index (χ3n) is 6.22. The topological polar surface area (TPSA) is 105 Å². The second-order valence-corrected chi connectivity index (χ2v) is 11.2. The Labute approximate surface area is 204 Å². The van der Waals surface area contributed by atoms with E-state index in [1.54, 1.807) is 6.07 Å². The number of halogens is 4. The molecule has 0 unspecified atom stereocenters. The highest BCUT2D eigenvalue weighted by Crippen LogP contribution is 2.49. The Kier molecular flexibility index (Phi) is 6.67. The second-order valence-electron chi connectivity index (χ2n) is 9.07. The zero-order valence-electron chi connectivity index (χ0n) is 19.2. The minimum atomic E-state index is -5.09. The van der Waals surface area contributed by atoms with Gasteiger partial charge >= 0.3 is 6.18 Å². The molecule has 4 rings (SSSR count). The molecular weight excluding hydrogens is 502 g/mol. The van der Waals surface area contributed by atoms with E-state index in [0.29, 0.717) is 5.92 Å². The summed E-state index contributed by atoms with van der Waals surface area (Å²) in [5.41, 5.74) is -3.19. The van der Waals surface area contributed by atoms with Crippen LogP contribution < -0.4 is 10.6 Å². The monoisotopic (exact) mass is 525 g/mol. The van der Waals surface area contributed by atoms with Crippen LogP contribution in [0.3, 0.4) is 0 Å². The Balaban J connectivity index is 1.80. The summed E-state index contributed by atoms with van der Waals surface area (Å²) in [6.07, 6.45) is -1.62. The summed E-state index contributed by atoms with van der Waals surface area (Å²) in [5.74, 6) is -3.76. The summed E-state index contributed by atoms with van der Waals surface area (Å²) < 4.78 is 81.2. The van der Waals surface area contributed by atoms with E-state index in [9.17, 15) is 35.6 Å². The van der Waals surface area contributed by atoms with Crippen molar-refractivity contribution >= 4 is 27.2 Å². The lowest BCUT2D eigenvalue weighted by Gasteiger charge is -2.41. The highest BCUT2D eigenvalue weighted by atomic mass is 32.2. The molecule has 2 amide bonds. The molecule has 0 spiro atoms. The molecule has 1 aliphatic heterocycles. The molecule has 0 radical (unpaired) electrons. The first-order chi connectivity index (χ1) is 16.8. The molecule has 0 saturated heterocycles. The molecule has 36 heavy (non-hydrogen) atoms. The van der Waals surface area contributed by atoms with Gasteiger partial charge in [-0.05, 0) is 42.0 Å². The van der Waals surface area contributed by atoms with Crippen molar-refractivity contribution in [3.63, 3.8) is 0 Å². The van der Waals surface area contributed by atoms with Crippen LogP contribution in [-0.4, -0.2) is 49.9 Å². The van der Waals surface area contributed by atoms with Gasteiger partial charge in [-0.25, -0.2) is 12.8 Å². The van der Waals surface area contributed by atoms with Crippen LogP contribution in [0.15, 0.2) is 48.2 Å². The summed E-state index contributed by atoms with van der Waals surface area (Å²) in [6.45, 7) is -0.535. The van der Waals surface area contributed by atoms with Crippen molar-refractivity contribution in [2.45, 2.75) is 36.9 Å². The van der Waals surface area contributed by atoms with Gasteiger partial charge in [-0.1, -0.05) is 24.3 Å². The van der Waals surface area contributed by atoms with Crippen LogP contribution >= 0.6 is 0 Å². The number of benzene rings is 1. The quantitative estimate of drug-likeness (QED) is 0.541. The van der Waals surface area contributed by atoms with Gasteiger partial charge in [0, 0.05) is 36.6 Å². The molecule has 1 atom stereocenters. The first-order valence-electron chi connectivity index (χ1n) is 11.1. The van der Waals surface area contributed by atoms with Crippen LogP contribution in [-0.2, 0) is 25.0 Å². The number of amides is 2. The first-order valence-corrected chi connectivity index (χ1v) is 13.1. The summed E-state index contributed by atoms with van der Waals surface area (Å²) in [7, 11) is -3.67. The average molecular weight is 526 g/mol. The van der Waals surface area contributed by atoms with E-state index in [0.717, 1.165) is 36.8 Å². The Morgan fingerprint density at radius 1 is 1.19 bits per heavy atom. The fourth-order valence-corrected chi connectivity index (χ4v) is 4.84. The predicted molar refractivity (Wildman–Crippen MR) is 123 cm³/mol. The number of carbonyl (C=O) groups is 2. The summed E-state index contributed by atoms with van der Waals surface area (Å²) in [4.78, 5) is 29.5. The molecule has 2 heterocycles. The van der Waals surface area contributed by atoms with Crippen LogP contribution in [0.1, 0.15) is 42.0 Å². The Hall–Kier alpha value is -3.28. The number of nitrogens with zero attached hydrogens (tertiary/aromatic N) is 1. The van der Waals surface area contributed by atoms with Crippen molar-refractivity contribution in [2.75, 3.05) is 18.6 Å².